The van der Waals surface area contributed by atoms with Crippen molar-refractivity contribution < 1.29 is 40.6 Å². The maximum absolute atomic E-state index is 13.3. The molecule has 0 bridgehead atoms. The molecule has 5 N–H and O–H groups in total. The first-order valence-corrected chi connectivity index (χ1v) is 8.65. The average Bonchev–Trinajstić information content (AvgIpc) is 3.04. The number of benzene rings is 1. The van der Waals surface area contributed by atoms with Gasteiger partial charge in [0.25, 0.3) is 16.1 Å². The number of hydrogen-bond donors (Lipinski definition) is 4. The number of nitrogens with one attached hydrogen (secondary N) is 2. The van der Waals surface area contributed by atoms with Gasteiger partial charge in [0.05, 0.1) is 5.56 Å². The molecule has 1 aromatic heterocycles. The first-order chi connectivity index (χ1) is 13.0. The smallest absolute Gasteiger partial charge is 0.419 e. The van der Waals surface area contributed by atoms with Gasteiger partial charge in [0.15, 0.2) is 0 Å². The highest BCUT2D eigenvalue weighted by atomic mass is 32.2. The van der Waals surface area contributed by atoms with Crippen LogP contribution >= 0.6 is 0 Å². The van der Waals surface area contributed by atoms with E-state index in [2.05, 4.69) is 25.4 Å². The number of nitrogens with zero attached hydrogens (tertiary/aromatic N) is 3. The van der Waals surface area contributed by atoms with E-state index < -0.39 is 33.6 Å². The number of nitrogens with two attached hydrogens (primary N) is 1. The Morgan fingerprint density at radius 1 is 1.36 bits per heavy atom. The summed E-state index contributed by atoms with van der Waals surface area (Å²) in [5.41, 5.74) is -2.18. The minimum Gasteiger partial charge on any atom is -0.472 e. The van der Waals surface area contributed by atoms with Crippen LogP contribution in [0.15, 0.2) is 28.0 Å². The van der Waals surface area contributed by atoms with E-state index >= 15 is 0 Å². The van der Waals surface area contributed by atoms with E-state index in [0.29, 0.717) is 12.1 Å². The molecule has 1 aromatic carbocycles. The second-order valence-corrected chi connectivity index (χ2v) is 6.35. The summed E-state index contributed by atoms with van der Waals surface area (Å²) >= 11 is 0. The first kappa shape index (κ1) is 21.3. The van der Waals surface area contributed by atoms with Crippen LogP contribution < -0.4 is 19.9 Å². The lowest BCUT2D eigenvalue weighted by atomic mass is 10.1. The molecule has 0 aliphatic heterocycles. The van der Waals surface area contributed by atoms with E-state index in [4.69, 9.17) is 15.1 Å². The van der Waals surface area contributed by atoms with Gasteiger partial charge in [-0.25, -0.2) is 14.2 Å². The van der Waals surface area contributed by atoms with Gasteiger partial charge in [0, 0.05) is 12.2 Å². The van der Waals surface area contributed by atoms with E-state index in [9.17, 15) is 26.0 Å². The number of ether oxygens (including phenoxy) is 1. The molecule has 0 saturated carbocycles. The molecule has 28 heavy (non-hydrogen) atoms. The third-order valence-electron chi connectivity index (χ3n) is 2.96. The number of rotatable bonds is 7. The van der Waals surface area contributed by atoms with Gasteiger partial charge in [0.2, 0.25) is 11.5 Å². The maximum Gasteiger partial charge on any atom is 0.419 e. The minimum absolute atomic E-state index is 0.253. The van der Waals surface area contributed by atoms with Gasteiger partial charge >= 0.3 is 6.18 Å². The highest BCUT2D eigenvalue weighted by Gasteiger charge is 2.34. The third kappa shape index (κ3) is 5.76. The SMILES string of the molecule is NS(=O)(=O)NCCOc1nonc1/C(=N/O)Nc1ccc(F)c(C(F)(F)F)c1. The van der Waals surface area contributed by atoms with E-state index in [-0.39, 0.29) is 30.4 Å². The molecule has 2 rings (SSSR count). The molecule has 0 spiro atoms. The normalized spacial score (nSPS) is 12.8. The van der Waals surface area contributed by atoms with Gasteiger partial charge in [-0.15, -0.1) is 0 Å². The van der Waals surface area contributed by atoms with E-state index in [1.165, 1.54) is 0 Å². The van der Waals surface area contributed by atoms with Crippen molar-refractivity contribution in [1.82, 2.24) is 15.0 Å². The van der Waals surface area contributed by atoms with Crippen LogP contribution in [0.1, 0.15) is 11.3 Å². The van der Waals surface area contributed by atoms with Gasteiger partial charge < -0.3 is 15.3 Å². The van der Waals surface area contributed by atoms with Crippen LogP contribution in [0.4, 0.5) is 23.2 Å². The summed E-state index contributed by atoms with van der Waals surface area (Å²) < 4.78 is 84.5. The third-order valence-corrected chi connectivity index (χ3v) is 3.57. The van der Waals surface area contributed by atoms with Crippen molar-refractivity contribution in [2.45, 2.75) is 6.18 Å². The monoisotopic (exact) mass is 428 g/mol. The number of amidine groups is 1. The number of oxime groups is 1. The number of alkyl halides is 3. The summed E-state index contributed by atoms with van der Waals surface area (Å²) in [6, 6.07) is 1.97. The molecule has 0 atom stereocenters. The van der Waals surface area contributed by atoms with Gasteiger partial charge in [-0.1, -0.05) is 5.16 Å². The van der Waals surface area contributed by atoms with Crippen LogP contribution in [-0.4, -0.2) is 42.9 Å². The highest BCUT2D eigenvalue weighted by molar-refractivity contribution is 7.87. The lowest BCUT2D eigenvalue weighted by Crippen LogP contribution is -2.34. The topological polar surface area (TPSA) is 165 Å². The second-order valence-electron chi connectivity index (χ2n) is 4.97. The molecule has 16 heteroatoms. The van der Waals surface area contributed by atoms with E-state index in [1.807, 2.05) is 4.72 Å². The van der Waals surface area contributed by atoms with Crippen molar-refractivity contribution >= 4 is 21.7 Å². The zero-order valence-corrected chi connectivity index (χ0v) is 14.4. The molecule has 0 radical (unpaired) electrons. The van der Waals surface area contributed by atoms with Crippen LogP contribution in [0.5, 0.6) is 5.88 Å². The maximum atomic E-state index is 13.3. The van der Waals surface area contributed by atoms with Crippen molar-refractivity contribution in [2.75, 3.05) is 18.5 Å². The highest BCUT2D eigenvalue weighted by Crippen LogP contribution is 2.33. The number of anilines is 1. The predicted octanol–water partition coefficient (Wildman–Crippen LogP) is 0.647. The lowest BCUT2D eigenvalue weighted by molar-refractivity contribution is -0.139. The Labute approximate surface area is 154 Å². The standard InChI is InChI=1S/C12H12F4N6O5S/c13-8-2-1-6(5-7(8)12(14,15)16)19-10(20-23)9-11(22-27-21-9)26-4-3-18-28(17,24)25/h1-2,5,18,23H,3-4H2,(H,19,20)(H2,17,24,25). The fraction of sp³-hybridized carbons (Fsp3) is 0.250. The number of hydrogen-bond acceptors (Lipinski definition) is 8. The van der Waals surface area contributed by atoms with Crippen molar-refractivity contribution in [3.05, 3.63) is 35.3 Å². The quantitative estimate of drug-likeness (QED) is 0.125. The largest absolute Gasteiger partial charge is 0.472 e. The Hall–Kier alpha value is -2.98. The van der Waals surface area contributed by atoms with Crippen molar-refractivity contribution in [2.24, 2.45) is 10.3 Å². The fourth-order valence-electron chi connectivity index (χ4n) is 1.84. The van der Waals surface area contributed by atoms with Gasteiger partial charge in [-0.05, 0) is 28.5 Å². The molecule has 1 heterocycles. The molecule has 11 nitrogen and oxygen atoms in total. The molecule has 0 unspecified atom stereocenters. The van der Waals surface area contributed by atoms with Gasteiger partial charge in [0.1, 0.15) is 12.4 Å². The molecule has 0 amide bonds. The van der Waals surface area contributed by atoms with E-state index in [1.54, 1.807) is 0 Å². The Balaban J connectivity index is 2.14. The summed E-state index contributed by atoms with van der Waals surface area (Å²) in [5, 5.41) is 25.7. The molecular formula is C12H12F4N6O5S. The minimum atomic E-state index is -4.95. The summed E-state index contributed by atoms with van der Waals surface area (Å²) in [7, 11) is -3.94. The fourth-order valence-corrected chi connectivity index (χ4v) is 2.21. The van der Waals surface area contributed by atoms with Crippen LogP contribution in [0.25, 0.3) is 0 Å². The number of aromatic nitrogens is 2. The molecule has 154 valence electrons. The zero-order valence-electron chi connectivity index (χ0n) is 13.6. The van der Waals surface area contributed by atoms with Crippen LogP contribution in [0, 0.1) is 5.82 Å². The lowest BCUT2D eigenvalue weighted by Gasteiger charge is -2.11. The predicted molar refractivity (Wildman–Crippen MR) is 84.3 cm³/mol. The summed E-state index contributed by atoms with van der Waals surface area (Å²) in [6.45, 7) is -0.539. The molecule has 0 fully saturated rings. The van der Waals surface area contributed by atoms with Gasteiger partial charge in [-0.2, -0.15) is 26.3 Å². The Kier molecular flexibility index (Phi) is 6.37. The van der Waals surface area contributed by atoms with Gasteiger partial charge in [-0.3, -0.25) is 0 Å². The first-order valence-electron chi connectivity index (χ1n) is 7.10. The summed E-state index contributed by atoms with van der Waals surface area (Å²) in [6.07, 6.45) is -4.95. The summed E-state index contributed by atoms with van der Waals surface area (Å²) in [5.74, 6) is -2.39. The van der Waals surface area contributed by atoms with E-state index in [0.717, 1.165) is 6.07 Å². The van der Waals surface area contributed by atoms with Crippen molar-refractivity contribution in [1.29, 1.82) is 0 Å². The molecular weight excluding hydrogens is 416 g/mol. The molecule has 2 aromatic rings. The average molecular weight is 428 g/mol. The molecule has 0 saturated heterocycles. The number of halogens is 4. The van der Waals surface area contributed by atoms with Crippen molar-refractivity contribution in [3.8, 4) is 5.88 Å². The molecule has 0 aliphatic carbocycles. The Morgan fingerprint density at radius 2 is 2.07 bits per heavy atom. The Bertz CT molecular complexity index is 962. The van der Waals surface area contributed by atoms with Crippen LogP contribution in [-0.2, 0) is 16.4 Å². The van der Waals surface area contributed by atoms with Crippen molar-refractivity contribution in [3.63, 3.8) is 0 Å². The second kappa shape index (κ2) is 8.36. The Morgan fingerprint density at radius 3 is 2.68 bits per heavy atom. The zero-order chi connectivity index (χ0) is 20.9. The van der Waals surface area contributed by atoms with Crippen LogP contribution in [0.3, 0.4) is 0 Å². The molecule has 0 aliphatic rings. The summed E-state index contributed by atoms with van der Waals surface area (Å²) in [4.78, 5) is 0. The van der Waals surface area contributed by atoms with Crippen LogP contribution in [0.2, 0.25) is 0 Å².